The fraction of sp³-hybridized carbons (Fsp3) is 0.516. The molecule has 0 bridgehead atoms. The van der Waals surface area contributed by atoms with E-state index in [1.165, 1.54) is 30.7 Å². The van der Waals surface area contributed by atoms with E-state index < -0.39 is 152 Å². The Balaban J connectivity index is 0.000000152. The lowest BCUT2D eigenvalue weighted by Crippen LogP contribution is -2.31. The van der Waals surface area contributed by atoms with Crippen LogP contribution in [-0.4, -0.2) is 220 Å². The van der Waals surface area contributed by atoms with Gasteiger partial charge < -0.3 is 104 Å². The number of nitrogens with one attached hydrogen (secondary N) is 3. The van der Waals surface area contributed by atoms with Gasteiger partial charge in [-0.1, -0.05) is 112 Å². The Morgan fingerprint density at radius 3 is 1.01 bits per heavy atom. The Kier molecular flexibility index (Phi) is 25.6. The summed E-state index contributed by atoms with van der Waals surface area (Å²) in [4.78, 5) is 108. The largest absolute Gasteiger partial charge is 0.443 e. The highest BCUT2D eigenvalue weighted by Crippen LogP contribution is 2.77. The second kappa shape index (κ2) is 33.6. The van der Waals surface area contributed by atoms with Gasteiger partial charge in [0.25, 0.3) is 0 Å². The predicted octanol–water partition coefficient (Wildman–Crippen LogP) is 7.29. The molecule has 3 unspecified atom stereocenters. The molecule has 55 heteroatoms. The van der Waals surface area contributed by atoms with Crippen LogP contribution in [0.1, 0.15) is 122 Å². The lowest BCUT2D eigenvalue weighted by Gasteiger charge is -2.30. The number of aliphatic hydroxyl groups excluding tert-OH is 6. The molecule has 6 aliphatic rings. The standard InChI is InChI=1S/C22H29ClN6O8P2.C20H23Cl3N6O8P2.C20H23ClF2N6O8P2/c1-22(2,38(32,33)34)39(35,36)37-10-12-9-15(18(31)17(12)30)29-20-16(27-28-29)19(25-21(23)26-20)24-14-8-7-11-5-3-4-6-13(11)14;2*21-19-25-17(24-12-6-5-9-3-1-2-4-11(9)12)14-18(26-19)29(28-27-14)13-7-10(15(30)16(13)31)8-37-39(35,36)20(22,23)38(32,33)34/h3-6,12,14-15,17-18,30-31H,7-10H2,1-2H3,(H,35,36)(H,24,25,26)(H2,32,33,34);2*1-4,10,12-13,15-16,30-31H,5-8H2,(H,35,36)(H,24,25,26)(H2,32,33,34)/t12-,14-,15-,17-,18+;2*10-,12-,13-,15-,16+/m111/s1. The van der Waals surface area contributed by atoms with Crippen LogP contribution in [0, 0.1) is 17.8 Å². The summed E-state index contributed by atoms with van der Waals surface area (Å²) < 4.78 is 113. The molecule has 3 saturated carbocycles. The van der Waals surface area contributed by atoms with Crippen LogP contribution < -0.4 is 16.0 Å². The summed E-state index contributed by atoms with van der Waals surface area (Å²) in [5.74, 6) is -2.04. The fourth-order valence-electron chi connectivity index (χ4n) is 14.9. The van der Waals surface area contributed by atoms with Crippen LogP contribution in [0.5, 0.6) is 0 Å². The molecule has 42 nitrogen and oxygen atoms in total. The number of aryl methyl sites for hydroxylation is 3. The highest BCUT2D eigenvalue weighted by atomic mass is 35.5. The minimum absolute atomic E-state index is 0.0208. The molecule has 6 aromatic heterocycles. The molecule has 0 radical (unpaired) electrons. The molecule has 9 aromatic rings. The zero-order valence-corrected chi connectivity index (χ0v) is 69.6. The molecule has 0 spiro atoms. The van der Waals surface area contributed by atoms with Crippen molar-refractivity contribution in [3.63, 3.8) is 0 Å². The second-order valence-electron chi connectivity index (χ2n) is 29.2. The minimum atomic E-state index is -6.34. The first-order chi connectivity index (χ1) is 54.6. The van der Waals surface area contributed by atoms with Gasteiger partial charge in [-0.3, -0.25) is 27.4 Å². The summed E-state index contributed by atoms with van der Waals surface area (Å²) in [7, 11) is -33.1. The van der Waals surface area contributed by atoms with E-state index in [0.717, 1.165) is 69.1 Å². The third-order valence-electron chi connectivity index (χ3n) is 21.7. The van der Waals surface area contributed by atoms with Gasteiger partial charge in [0.1, 0.15) is 18.3 Å². The van der Waals surface area contributed by atoms with Gasteiger partial charge in [0.2, 0.25) is 15.9 Å². The minimum Gasteiger partial charge on any atom is -0.390 e. The summed E-state index contributed by atoms with van der Waals surface area (Å²) in [5, 5.41) is 93.0. The van der Waals surface area contributed by atoms with E-state index >= 15 is 0 Å². The molecule has 636 valence electrons. The maximum absolute atomic E-state index is 13.8. The van der Waals surface area contributed by atoms with Gasteiger partial charge in [0, 0.05) is 17.8 Å². The van der Waals surface area contributed by atoms with Gasteiger partial charge in [-0.25, -0.2) is 14.0 Å². The number of nitrogens with zero attached hydrogens (tertiary/aromatic N) is 15. The molecule has 0 amide bonds. The number of hydrogen-bond donors (Lipinski definition) is 18. The third-order valence-corrected chi connectivity index (χ3v) is 36.5. The van der Waals surface area contributed by atoms with Crippen LogP contribution in [0.25, 0.3) is 33.5 Å². The van der Waals surface area contributed by atoms with Gasteiger partial charge in [-0.2, -0.15) is 38.7 Å². The van der Waals surface area contributed by atoms with Crippen molar-refractivity contribution in [2.45, 2.75) is 159 Å². The van der Waals surface area contributed by atoms with Crippen LogP contribution in [0.15, 0.2) is 72.8 Å². The zero-order valence-electron chi connectivity index (χ0n) is 60.5. The van der Waals surface area contributed by atoms with Crippen molar-refractivity contribution in [1.82, 2.24) is 74.9 Å². The number of rotatable bonds is 24. The molecule has 3 fully saturated rings. The van der Waals surface area contributed by atoms with Crippen LogP contribution in [0.4, 0.5) is 26.2 Å². The Labute approximate surface area is 684 Å². The number of aliphatic hydroxyl groups is 6. The Morgan fingerprint density at radius 1 is 0.427 bits per heavy atom. The molecule has 0 aliphatic heterocycles. The van der Waals surface area contributed by atoms with Crippen molar-refractivity contribution in [2.75, 3.05) is 35.8 Å². The third kappa shape index (κ3) is 17.4. The van der Waals surface area contributed by atoms with Crippen molar-refractivity contribution in [3.05, 3.63) is 122 Å². The molecule has 3 aromatic carbocycles. The van der Waals surface area contributed by atoms with E-state index in [9.17, 15) is 101 Å². The van der Waals surface area contributed by atoms with Crippen LogP contribution >= 0.6 is 104 Å². The van der Waals surface area contributed by atoms with Gasteiger partial charge in [-0.05, 0) is 140 Å². The van der Waals surface area contributed by atoms with E-state index in [-0.39, 0.29) is 87.0 Å². The van der Waals surface area contributed by atoms with Crippen molar-refractivity contribution in [1.29, 1.82) is 0 Å². The monoisotopic (exact) mass is 1850 g/mol. The molecular formula is C62H75Cl5F2N18O24P6. The van der Waals surface area contributed by atoms with E-state index in [1.807, 2.05) is 60.7 Å². The Morgan fingerprint density at radius 2 is 0.718 bits per heavy atom. The quantitative estimate of drug-likeness (QED) is 0.0160. The van der Waals surface area contributed by atoms with Crippen molar-refractivity contribution in [2.24, 2.45) is 17.8 Å². The SMILES string of the molecule is CC(C)(P(=O)(O)O)P(=O)(O)OC[C@H]1C[C@@H](n2nnc3c(N[C@@H]4CCc5ccccc54)nc(Cl)nc32)[C@H](O)[C@@H]1O.O=P(O)(O)C(Cl)(Cl)P(=O)(O)OC[C@H]1C[C@@H](n2nnc3c(N[C@@H]4CCc5ccccc54)nc(Cl)nc32)[C@H](O)[C@@H]1O.O=P(O)(O)C(F)(F)P(=O)(O)OC[C@H]1C[C@@H](n2nnc3c(N[C@@H]4CCc5ccccc54)nc(Cl)nc32)[C@H](O)[C@@H]1O. The summed E-state index contributed by atoms with van der Waals surface area (Å²) in [6, 6.07) is 21.0. The predicted molar refractivity (Wildman–Crippen MR) is 412 cm³/mol. The number of halogens is 7. The lowest BCUT2D eigenvalue weighted by atomic mass is 10.1. The van der Waals surface area contributed by atoms with Crippen LogP contribution in [0.3, 0.4) is 0 Å². The average molecular weight is 1860 g/mol. The van der Waals surface area contributed by atoms with E-state index in [1.54, 1.807) is 0 Å². The molecule has 18 N–H and O–H groups in total. The second-order valence-corrected chi connectivity index (χ2v) is 45.5. The first kappa shape index (κ1) is 89.2. The Bertz CT molecular complexity index is 5040. The van der Waals surface area contributed by atoms with E-state index in [4.69, 9.17) is 76.8 Å². The average Bonchev–Trinajstić information content (AvgIpc) is 1.16. The molecule has 117 heavy (non-hydrogen) atoms. The Hall–Kier alpha value is -5.53. The summed E-state index contributed by atoms with van der Waals surface area (Å²) in [5.41, 5.74) is 8.32. The molecule has 6 aliphatic carbocycles. The normalized spacial score (nSPS) is 27.0. The van der Waals surface area contributed by atoms with Crippen molar-refractivity contribution >= 4 is 155 Å². The van der Waals surface area contributed by atoms with Crippen molar-refractivity contribution in [3.8, 4) is 0 Å². The first-order valence-corrected chi connectivity index (χ1v) is 46.9. The highest BCUT2D eigenvalue weighted by Gasteiger charge is 2.66. The maximum Gasteiger partial charge on any atom is 0.443 e. The topological polar surface area (TPSA) is 639 Å². The van der Waals surface area contributed by atoms with Gasteiger partial charge >= 0.3 is 54.8 Å². The fourth-order valence-corrected chi connectivity index (χ4v) is 22.0. The summed E-state index contributed by atoms with van der Waals surface area (Å²) in [6.45, 7) is -0.410. The zero-order chi connectivity index (χ0) is 85.0. The highest BCUT2D eigenvalue weighted by molar-refractivity contribution is 7.79. The molecular weight excluding hydrogens is 1780 g/mol. The van der Waals surface area contributed by atoms with E-state index in [2.05, 4.69) is 93.4 Å². The lowest BCUT2D eigenvalue weighted by molar-refractivity contribution is -0.00594. The molecule has 18 atom stereocenters. The summed E-state index contributed by atoms with van der Waals surface area (Å²) in [6.07, 6.45) is -3.96. The number of fused-ring (bicyclic) bond motifs is 6. The van der Waals surface area contributed by atoms with E-state index in [0.29, 0.717) is 17.2 Å². The van der Waals surface area contributed by atoms with Crippen molar-refractivity contribution < 1.29 is 124 Å². The van der Waals surface area contributed by atoms with Gasteiger partial charge in [0.15, 0.2) is 55.8 Å². The van der Waals surface area contributed by atoms with Gasteiger partial charge in [-0.15, -0.1) is 15.3 Å². The smallest absolute Gasteiger partial charge is 0.390 e. The number of benzene rings is 3. The first-order valence-electron chi connectivity index (χ1n) is 35.4. The number of anilines is 3. The van der Waals surface area contributed by atoms with Crippen LogP contribution in [-0.2, 0) is 60.2 Å². The number of hydrogen-bond acceptors (Lipinski definition) is 30. The number of aromatic nitrogens is 15. The molecule has 6 heterocycles. The summed E-state index contributed by atoms with van der Waals surface area (Å²) >= 11 is 29.5. The van der Waals surface area contributed by atoms with Crippen LogP contribution in [0.2, 0.25) is 15.9 Å². The molecule has 15 rings (SSSR count). The maximum atomic E-state index is 13.8. The number of alkyl halides is 4. The molecule has 0 saturated heterocycles. The van der Waals surface area contributed by atoms with Gasteiger partial charge in [0.05, 0.1) is 74.4 Å².